The average Bonchev–Trinajstić information content (AvgIpc) is 3.29. The molecule has 0 aromatic heterocycles. The van der Waals surface area contributed by atoms with Crippen LogP contribution in [-0.4, -0.2) is 68.5 Å². The van der Waals surface area contributed by atoms with Gasteiger partial charge in [-0.1, -0.05) is 213 Å². The number of carbonyl (C=O) groups excluding carboxylic acids is 1. The molecule has 0 saturated carbocycles. The van der Waals surface area contributed by atoms with E-state index in [9.17, 15) is 19.4 Å². The molecule has 0 fully saturated rings. The third-order valence-electron chi connectivity index (χ3n) is 11.2. The van der Waals surface area contributed by atoms with Crippen molar-refractivity contribution in [1.82, 2.24) is 5.32 Å². The number of amides is 1. The van der Waals surface area contributed by atoms with Gasteiger partial charge in [-0.25, -0.2) is 0 Å². The Morgan fingerprint density at radius 3 is 1.39 bits per heavy atom. The van der Waals surface area contributed by atoms with Gasteiger partial charge in [-0.15, -0.1) is 0 Å². The number of quaternary nitrogens is 1. The first-order valence-electron chi connectivity index (χ1n) is 26.7. The average molecular weight is 953 g/mol. The summed E-state index contributed by atoms with van der Waals surface area (Å²) in [5.74, 6) is -0.243. The lowest BCUT2D eigenvalue weighted by Crippen LogP contribution is -2.45. The number of allylic oxidation sites excluding steroid dienone is 17. The molecule has 0 heterocycles. The topological polar surface area (TPSA) is 108 Å². The lowest BCUT2D eigenvalue weighted by molar-refractivity contribution is -0.870. The third kappa shape index (κ3) is 50.9. The number of hydrogen-bond donors (Lipinski definition) is 2. The van der Waals surface area contributed by atoms with Gasteiger partial charge in [-0.2, -0.15) is 0 Å². The number of phosphoric ester groups is 1. The van der Waals surface area contributed by atoms with Crippen molar-refractivity contribution in [2.75, 3.05) is 40.9 Å². The number of unbranched alkanes of at least 4 members (excludes halogenated alkanes) is 18. The Kier molecular flexibility index (Phi) is 46.2. The zero-order valence-corrected chi connectivity index (χ0v) is 44.5. The number of aliphatic hydroxyl groups is 1. The molecule has 8 nitrogen and oxygen atoms in total. The van der Waals surface area contributed by atoms with E-state index in [0.29, 0.717) is 17.4 Å². The van der Waals surface area contributed by atoms with Crippen LogP contribution in [0.25, 0.3) is 0 Å². The van der Waals surface area contributed by atoms with Crippen LogP contribution >= 0.6 is 7.82 Å². The number of rotatable bonds is 47. The second kappa shape index (κ2) is 48.2. The summed E-state index contributed by atoms with van der Waals surface area (Å²) in [6.07, 6.45) is 70.1. The van der Waals surface area contributed by atoms with E-state index in [1.54, 1.807) is 6.08 Å². The highest BCUT2D eigenvalue weighted by atomic mass is 31.2. The quantitative estimate of drug-likeness (QED) is 0.0272. The van der Waals surface area contributed by atoms with Crippen molar-refractivity contribution >= 4 is 13.7 Å². The fourth-order valence-corrected chi connectivity index (χ4v) is 7.75. The Labute approximate surface area is 412 Å². The summed E-state index contributed by atoms with van der Waals surface area (Å²) in [4.78, 5) is 25.4. The summed E-state index contributed by atoms with van der Waals surface area (Å²) in [5.41, 5.74) is 0. The van der Waals surface area contributed by atoms with Crippen molar-refractivity contribution in [3.63, 3.8) is 0 Å². The fourth-order valence-electron chi connectivity index (χ4n) is 7.03. The maximum Gasteiger partial charge on any atom is 0.268 e. The Hall–Kier alpha value is -2.84. The van der Waals surface area contributed by atoms with Crippen molar-refractivity contribution in [3.05, 3.63) is 109 Å². The highest BCUT2D eigenvalue weighted by Gasteiger charge is 2.23. The molecule has 0 aliphatic rings. The van der Waals surface area contributed by atoms with Gasteiger partial charge in [-0.3, -0.25) is 9.36 Å². The molecule has 3 atom stereocenters. The van der Waals surface area contributed by atoms with Crippen molar-refractivity contribution < 1.29 is 32.9 Å². The second-order valence-electron chi connectivity index (χ2n) is 18.8. The van der Waals surface area contributed by atoms with E-state index in [4.69, 9.17) is 9.05 Å². The van der Waals surface area contributed by atoms with Crippen LogP contribution in [-0.2, 0) is 18.4 Å². The van der Waals surface area contributed by atoms with Crippen LogP contribution < -0.4 is 10.2 Å². The zero-order valence-electron chi connectivity index (χ0n) is 43.6. The fraction of sp³-hybridized carbons (Fsp3) is 0.672. The Bertz CT molecular complexity index is 1450. The van der Waals surface area contributed by atoms with Crippen LogP contribution in [0.2, 0.25) is 0 Å². The molecule has 0 radical (unpaired) electrons. The SMILES string of the molecule is CC/C=C\C/C=C\C/C=C\C/C=C\C/C=C\C/C=C\C/C=C\CCCCCC(=O)NC(COP(=O)([O-])OCC[N+](C)(C)C)C(O)/C=C/CC/C=C/CCCCCCCCCCCCCCCC. The van der Waals surface area contributed by atoms with Gasteiger partial charge in [0.2, 0.25) is 5.91 Å². The molecule has 384 valence electrons. The van der Waals surface area contributed by atoms with Crippen molar-refractivity contribution in [2.24, 2.45) is 0 Å². The zero-order chi connectivity index (χ0) is 49.2. The largest absolute Gasteiger partial charge is 0.756 e. The Morgan fingerprint density at radius 2 is 0.925 bits per heavy atom. The standard InChI is InChI=1S/C58H101N2O6P/c1-6-8-10-12-14-16-18-20-22-24-26-28-29-30-31-32-34-36-38-40-42-44-46-48-50-52-58(62)59-56(55-66-67(63,64)65-54-53-60(3,4)5)57(61)51-49-47-45-43-41-39-37-35-33-27-25-23-21-19-17-15-13-11-9-7-2/h8,10,14,16,20,22,26,28,30-31,34,36,40-43,49,51,56-57,61H,6-7,9,11-13,15,17-19,21,23-25,27,29,32-33,35,37-39,44-48,50,52-55H2,1-5H3,(H-,59,62,63,64)/b10-8-,16-14-,22-20-,28-26-,31-30-,36-34-,42-40-,43-41+,51-49+. The molecule has 0 saturated heterocycles. The van der Waals surface area contributed by atoms with E-state index >= 15 is 0 Å². The second-order valence-corrected chi connectivity index (χ2v) is 20.2. The Balaban J connectivity index is 4.44. The number of carbonyl (C=O) groups is 1. The number of hydrogen-bond acceptors (Lipinski definition) is 6. The predicted molar refractivity (Wildman–Crippen MR) is 288 cm³/mol. The molecule has 0 bridgehead atoms. The number of nitrogens with one attached hydrogen (secondary N) is 1. The number of aliphatic hydroxyl groups excluding tert-OH is 1. The summed E-state index contributed by atoms with van der Waals surface area (Å²) >= 11 is 0. The van der Waals surface area contributed by atoms with E-state index in [1.807, 2.05) is 27.2 Å². The summed E-state index contributed by atoms with van der Waals surface area (Å²) in [5, 5.41) is 13.8. The van der Waals surface area contributed by atoms with Crippen LogP contribution in [0, 0.1) is 0 Å². The van der Waals surface area contributed by atoms with Crippen LogP contribution in [0.3, 0.4) is 0 Å². The van der Waals surface area contributed by atoms with Gasteiger partial charge in [-0.05, 0) is 89.9 Å². The Morgan fingerprint density at radius 1 is 0.537 bits per heavy atom. The summed E-state index contributed by atoms with van der Waals surface area (Å²) in [7, 11) is 1.20. The number of phosphoric acid groups is 1. The maximum absolute atomic E-state index is 12.9. The molecule has 0 aliphatic heterocycles. The van der Waals surface area contributed by atoms with Crippen LogP contribution in [0.5, 0.6) is 0 Å². The van der Waals surface area contributed by atoms with E-state index in [-0.39, 0.29) is 18.9 Å². The minimum atomic E-state index is -4.62. The van der Waals surface area contributed by atoms with Crippen LogP contribution in [0.1, 0.15) is 200 Å². The molecular weight excluding hydrogens is 852 g/mol. The number of likely N-dealkylation sites (N-methyl/N-ethyl adjacent to an activating group) is 1. The molecule has 1 amide bonds. The first-order chi connectivity index (χ1) is 32.5. The molecule has 0 aliphatic carbocycles. The molecule has 2 N–H and O–H groups in total. The third-order valence-corrected chi connectivity index (χ3v) is 12.2. The van der Waals surface area contributed by atoms with E-state index in [2.05, 4.69) is 116 Å². The molecule has 0 aromatic carbocycles. The highest BCUT2D eigenvalue weighted by molar-refractivity contribution is 7.45. The van der Waals surface area contributed by atoms with Gasteiger partial charge in [0.25, 0.3) is 7.82 Å². The maximum atomic E-state index is 12.9. The first-order valence-corrected chi connectivity index (χ1v) is 28.2. The van der Waals surface area contributed by atoms with Crippen molar-refractivity contribution in [3.8, 4) is 0 Å². The van der Waals surface area contributed by atoms with Gasteiger partial charge in [0.15, 0.2) is 0 Å². The van der Waals surface area contributed by atoms with E-state index in [0.717, 1.165) is 83.5 Å². The van der Waals surface area contributed by atoms with Crippen LogP contribution in [0.4, 0.5) is 0 Å². The predicted octanol–water partition coefficient (Wildman–Crippen LogP) is 15.4. The molecule has 3 unspecified atom stereocenters. The van der Waals surface area contributed by atoms with E-state index in [1.165, 1.54) is 89.9 Å². The molecule has 0 aromatic rings. The normalized spacial score (nSPS) is 14.9. The van der Waals surface area contributed by atoms with Crippen molar-refractivity contribution in [1.29, 1.82) is 0 Å². The van der Waals surface area contributed by atoms with Crippen LogP contribution in [0.15, 0.2) is 109 Å². The molecule has 0 spiro atoms. The lowest BCUT2D eigenvalue weighted by atomic mass is 10.0. The monoisotopic (exact) mass is 953 g/mol. The smallest absolute Gasteiger partial charge is 0.268 e. The summed E-state index contributed by atoms with van der Waals surface area (Å²) in [6.45, 7) is 4.48. The molecule has 9 heteroatoms. The van der Waals surface area contributed by atoms with Gasteiger partial charge in [0.1, 0.15) is 13.2 Å². The summed E-state index contributed by atoms with van der Waals surface area (Å²) < 4.78 is 23.3. The molecule has 0 rings (SSSR count). The van der Waals surface area contributed by atoms with Crippen molar-refractivity contribution in [2.45, 2.75) is 212 Å². The summed E-state index contributed by atoms with van der Waals surface area (Å²) in [6, 6.07) is -0.930. The van der Waals surface area contributed by atoms with Gasteiger partial charge < -0.3 is 28.8 Å². The van der Waals surface area contributed by atoms with E-state index < -0.39 is 26.6 Å². The molecular formula is C58H101N2O6P. The van der Waals surface area contributed by atoms with Gasteiger partial charge in [0.05, 0.1) is 39.9 Å². The first kappa shape index (κ1) is 64.2. The lowest BCUT2D eigenvalue weighted by Gasteiger charge is -2.29. The van der Waals surface area contributed by atoms with Gasteiger partial charge in [0, 0.05) is 6.42 Å². The van der Waals surface area contributed by atoms with Gasteiger partial charge >= 0.3 is 0 Å². The molecule has 67 heavy (non-hydrogen) atoms. The minimum absolute atomic E-state index is 0.0195. The highest BCUT2D eigenvalue weighted by Crippen LogP contribution is 2.38. The number of nitrogens with zero attached hydrogens (tertiary/aromatic N) is 1. The minimum Gasteiger partial charge on any atom is -0.756 e.